The van der Waals surface area contributed by atoms with Crippen LogP contribution in [0.25, 0.3) is 5.69 Å². The van der Waals surface area contributed by atoms with Crippen molar-refractivity contribution in [2.24, 2.45) is 0 Å². The third-order valence-corrected chi connectivity index (χ3v) is 4.92. The number of rotatable bonds is 6. The van der Waals surface area contributed by atoms with Crippen molar-refractivity contribution in [3.63, 3.8) is 0 Å². The van der Waals surface area contributed by atoms with Crippen molar-refractivity contribution in [1.29, 1.82) is 0 Å². The first-order valence-electron chi connectivity index (χ1n) is 8.52. The van der Waals surface area contributed by atoms with Crippen molar-refractivity contribution >= 4 is 17.7 Å². The van der Waals surface area contributed by atoms with Gasteiger partial charge < -0.3 is 5.32 Å². The van der Waals surface area contributed by atoms with Crippen LogP contribution >= 0.6 is 11.8 Å². The van der Waals surface area contributed by atoms with Gasteiger partial charge in [0.1, 0.15) is 5.82 Å². The number of aromatic nitrogens is 3. The summed E-state index contributed by atoms with van der Waals surface area (Å²) < 4.78 is 54.2. The van der Waals surface area contributed by atoms with Gasteiger partial charge in [0.25, 0.3) is 5.91 Å². The second-order valence-corrected chi connectivity index (χ2v) is 7.26. The quantitative estimate of drug-likeness (QED) is 0.365. The standard InChI is InChI=1S/C19H16F4N4OS/c1-12-2-8-15(9-3-12)29-11-10-24-18(28)16-17(19(21,22)23)27(26-25-16)14-6-4-13(20)5-7-14/h2-9H,10-11H2,1H3,(H,24,28). The highest BCUT2D eigenvalue weighted by Crippen LogP contribution is 2.32. The molecular weight excluding hydrogens is 408 g/mol. The summed E-state index contributed by atoms with van der Waals surface area (Å²) in [6.45, 7) is 2.12. The minimum absolute atomic E-state index is 0.0554. The fraction of sp³-hybridized carbons (Fsp3) is 0.211. The van der Waals surface area contributed by atoms with Crippen LogP contribution in [-0.2, 0) is 6.18 Å². The molecular formula is C19H16F4N4OS. The van der Waals surface area contributed by atoms with Crippen molar-refractivity contribution in [3.05, 3.63) is 71.3 Å². The molecule has 1 aromatic heterocycles. The molecule has 0 saturated carbocycles. The average Bonchev–Trinajstić information content (AvgIpc) is 3.13. The number of hydrogen-bond acceptors (Lipinski definition) is 4. The molecule has 0 bridgehead atoms. The summed E-state index contributed by atoms with van der Waals surface area (Å²) >= 11 is 1.47. The van der Waals surface area contributed by atoms with Crippen LogP contribution in [0.3, 0.4) is 0 Å². The van der Waals surface area contributed by atoms with Gasteiger partial charge in [0.05, 0.1) is 5.69 Å². The molecule has 0 radical (unpaired) electrons. The lowest BCUT2D eigenvalue weighted by molar-refractivity contribution is -0.143. The van der Waals surface area contributed by atoms with Crippen molar-refractivity contribution in [2.45, 2.75) is 18.0 Å². The van der Waals surface area contributed by atoms with E-state index < -0.39 is 29.3 Å². The fourth-order valence-electron chi connectivity index (χ4n) is 2.50. The van der Waals surface area contributed by atoms with E-state index in [1.54, 1.807) is 0 Å². The highest BCUT2D eigenvalue weighted by molar-refractivity contribution is 7.99. The monoisotopic (exact) mass is 424 g/mol. The molecule has 0 spiro atoms. The van der Waals surface area contributed by atoms with Gasteiger partial charge >= 0.3 is 6.18 Å². The Labute approximate surface area is 168 Å². The highest BCUT2D eigenvalue weighted by atomic mass is 32.2. The molecule has 0 unspecified atom stereocenters. The van der Waals surface area contributed by atoms with Crippen LogP contribution in [0.4, 0.5) is 17.6 Å². The van der Waals surface area contributed by atoms with E-state index in [4.69, 9.17) is 0 Å². The van der Waals surface area contributed by atoms with E-state index in [0.717, 1.165) is 34.7 Å². The zero-order valence-electron chi connectivity index (χ0n) is 15.2. The Bertz CT molecular complexity index is 985. The Morgan fingerprint density at radius 1 is 1.10 bits per heavy atom. The maximum absolute atomic E-state index is 13.6. The van der Waals surface area contributed by atoms with Gasteiger partial charge in [0.2, 0.25) is 0 Å². The van der Waals surface area contributed by atoms with Gasteiger partial charge in [-0.2, -0.15) is 13.2 Å². The number of hydrogen-bond donors (Lipinski definition) is 1. The van der Waals surface area contributed by atoms with E-state index in [0.29, 0.717) is 10.4 Å². The lowest BCUT2D eigenvalue weighted by Gasteiger charge is -2.11. The molecule has 0 fully saturated rings. The number of carbonyl (C=O) groups is 1. The number of amides is 1. The third-order valence-electron chi connectivity index (χ3n) is 3.90. The van der Waals surface area contributed by atoms with Gasteiger partial charge in [-0.1, -0.05) is 22.9 Å². The van der Waals surface area contributed by atoms with Crippen molar-refractivity contribution in [2.75, 3.05) is 12.3 Å². The van der Waals surface area contributed by atoms with Crippen LogP contribution in [0.1, 0.15) is 21.7 Å². The summed E-state index contributed by atoms with van der Waals surface area (Å²) in [5.74, 6) is -1.11. The lowest BCUT2D eigenvalue weighted by Crippen LogP contribution is -2.29. The summed E-state index contributed by atoms with van der Waals surface area (Å²) in [5.41, 5.74) is -1.08. The normalized spacial score (nSPS) is 11.5. The number of halogens is 4. The topological polar surface area (TPSA) is 59.8 Å². The smallest absolute Gasteiger partial charge is 0.350 e. The first kappa shape index (κ1) is 20.8. The summed E-state index contributed by atoms with van der Waals surface area (Å²) in [4.78, 5) is 13.3. The summed E-state index contributed by atoms with van der Waals surface area (Å²) in [6.07, 6.45) is -4.87. The summed E-state index contributed by atoms with van der Waals surface area (Å²) in [5, 5.41) is 9.29. The van der Waals surface area contributed by atoms with E-state index in [1.807, 2.05) is 31.2 Å². The van der Waals surface area contributed by atoms with Crippen molar-refractivity contribution in [3.8, 4) is 5.69 Å². The number of nitrogens with zero attached hydrogens (tertiary/aromatic N) is 3. The Hall–Kier alpha value is -2.88. The van der Waals surface area contributed by atoms with Crippen LogP contribution in [0.5, 0.6) is 0 Å². The fourth-order valence-corrected chi connectivity index (χ4v) is 3.27. The average molecular weight is 424 g/mol. The molecule has 0 atom stereocenters. The maximum atomic E-state index is 13.6. The SMILES string of the molecule is Cc1ccc(SCCNC(=O)c2nnn(-c3ccc(F)cc3)c2C(F)(F)F)cc1. The van der Waals surface area contributed by atoms with Crippen LogP contribution in [0.15, 0.2) is 53.4 Å². The zero-order chi connectivity index (χ0) is 21.0. The van der Waals surface area contributed by atoms with Gasteiger partial charge in [-0.3, -0.25) is 4.79 Å². The summed E-state index contributed by atoms with van der Waals surface area (Å²) in [7, 11) is 0. The van der Waals surface area contributed by atoms with E-state index in [-0.39, 0.29) is 12.2 Å². The van der Waals surface area contributed by atoms with Crippen molar-refractivity contribution in [1.82, 2.24) is 20.3 Å². The Balaban J connectivity index is 1.71. The minimum atomic E-state index is -4.87. The molecule has 3 rings (SSSR count). The molecule has 10 heteroatoms. The highest BCUT2D eigenvalue weighted by Gasteiger charge is 2.41. The molecule has 1 amide bonds. The van der Waals surface area contributed by atoms with E-state index in [2.05, 4.69) is 15.6 Å². The molecule has 1 N–H and O–H groups in total. The second-order valence-electron chi connectivity index (χ2n) is 6.09. The molecule has 3 aromatic rings. The number of alkyl halides is 3. The summed E-state index contributed by atoms with van der Waals surface area (Å²) in [6, 6.07) is 12.0. The molecule has 152 valence electrons. The van der Waals surface area contributed by atoms with Gasteiger partial charge in [0, 0.05) is 17.2 Å². The van der Waals surface area contributed by atoms with Crippen molar-refractivity contribution < 1.29 is 22.4 Å². The van der Waals surface area contributed by atoms with Gasteiger partial charge in [0.15, 0.2) is 11.4 Å². The predicted molar refractivity (Wildman–Crippen MR) is 101 cm³/mol. The van der Waals surface area contributed by atoms with E-state index >= 15 is 0 Å². The number of nitrogens with one attached hydrogen (secondary N) is 1. The molecule has 29 heavy (non-hydrogen) atoms. The molecule has 0 aliphatic carbocycles. The Kier molecular flexibility index (Phi) is 6.21. The van der Waals surface area contributed by atoms with Crippen LogP contribution in [-0.4, -0.2) is 33.2 Å². The molecule has 1 heterocycles. The van der Waals surface area contributed by atoms with E-state index in [1.165, 1.54) is 11.8 Å². The number of thioether (sulfide) groups is 1. The Morgan fingerprint density at radius 2 is 1.76 bits per heavy atom. The minimum Gasteiger partial charge on any atom is -0.350 e. The lowest BCUT2D eigenvalue weighted by atomic mass is 10.2. The molecule has 2 aromatic carbocycles. The number of aryl methyl sites for hydroxylation is 1. The maximum Gasteiger partial charge on any atom is 0.435 e. The predicted octanol–water partition coefficient (Wildman–Crippen LogP) is 4.26. The molecule has 0 aliphatic rings. The van der Waals surface area contributed by atoms with Gasteiger partial charge in [-0.05, 0) is 43.3 Å². The first-order chi connectivity index (χ1) is 13.8. The van der Waals surface area contributed by atoms with Crippen LogP contribution < -0.4 is 5.32 Å². The zero-order valence-corrected chi connectivity index (χ0v) is 16.0. The van der Waals surface area contributed by atoms with E-state index in [9.17, 15) is 22.4 Å². The van der Waals surface area contributed by atoms with Gasteiger partial charge in [-0.15, -0.1) is 16.9 Å². The molecule has 0 saturated heterocycles. The molecule has 5 nitrogen and oxygen atoms in total. The number of benzene rings is 2. The molecule has 0 aliphatic heterocycles. The van der Waals surface area contributed by atoms with Crippen LogP contribution in [0.2, 0.25) is 0 Å². The van der Waals surface area contributed by atoms with Crippen LogP contribution in [0, 0.1) is 12.7 Å². The number of carbonyl (C=O) groups excluding carboxylic acids is 1. The second kappa shape index (κ2) is 8.64. The van der Waals surface area contributed by atoms with Gasteiger partial charge in [-0.25, -0.2) is 9.07 Å². The third kappa shape index (κ3) is 5.14. The largest absolute Gasteiger partial charge is 0.435 e. The first-order valence-corrected chi connectivity index (χ1v) is 9.51. The Morgan fingerprint density at radius 3 is 2.38 bits per heavy atom.